The van der Waals surface area contributed by atoms with Gasteiger partial charge in [-0.25, -0.2) is 4.98 Å². The number of carbonyl (C=O) groups excluding carboxylic acids is 1. The Hall–Kier alpha value is -2.42. The van der Waals surface area contributed by atoms with Crippen LogP contribution in [0.25, 0.3) is 5.65 Å². The molecule has 0 unspecified atom stereocenters. The zero-order valence-corrected chi connectivity index (χ0v) is 10.00. The summed E-state index contributed by atoms with van der Waals surface area (Å²) in [6.45, 7) is 2.00. The van der Waals surface area contributed by atoms with E-state index in [9.17, 15) is 4.79 Å². The van der Waals surface area contributed by atoms with Crippen LogP contribution in [0.1, 0.15) is 21.6 Å². The summed E-state index contributed by atoms with van der Waals surface area (Å²) in [7, 11) is 0. The molecule has 0 amide bonds. The molecule has 3 rings (SSSR count). The largest absolute Gasteiger partial charge is 0.297 e. The Labute approximate surface area is 105 Å². The minimum absolute atomic E-state index is 0.00583. The first-order valence-electron chi connectivity index (χ1n) is 5.79. The van der Waals surface area contributed by atoms with Crippen LogP contribution in [0.5, 0.6) is 0 Å². The summed E-state index contributed by atoms with van der Waals surface area (Å²) in [4.78, 5) is 16.6. The summed E-state index contributed by atoms with van der Waals surface area (Å²) in [5, 5.41) is 0. The van der Waals surface area contributed by atoms with Crippen LogP contribution in [0, 0.1) is 6.92 Å². The van der Waals surface area contributed by atoms with Crippen LogP contribution < -0.4 is 0 Å². The van der Waals surface area contributed by atoms with Crippen molar-refractivity contribution in [3.05, 3.63) is 71.7 Å². The number of benzene rings is 1. The van der Waals surface area contributed by atoms with Crippen LogP contribution in [0.2, 0.25) is 0 Å². The van der Waals surface area contributed by atoms with E-state index in [-0.39, 0.29) is 5.78 Å². The summed E-state index contributed by atoms with van der Waals surface area (Å²) in [5.41, 5.74) is 3.21. The second-order valence-electron chi connectivity index (χ2n) is 4.27. The number of hydrogen-bond donors (Lipinski definition) is 0. The van der Waals surface area contributed by atoms with E-state index in [1.807, 2.05) is 60.0 Å². The number of nitrogens with zero attached hydrogens (tertiary/aromatic N) is 2. The number of hydrogen-bond acceptors (Lipinski definition) is 2. The molecule has 0 bridgehead atoms. The Balaban J connectivity index is 2.09. The van der Waals surface area contributed by atoms with Crippen molar-refractivity contribution in [1.82, 2.24) is 9.38 Å². The van der Waals surface area contributed by atoms with Gasteiger partial charge in [0.15, 0.2) is 0 Å². The monoisotopic (exact) mass is 236 g/mol. The molecular weight excluding hydrogens is 224 g/mol. The smallest absolute Gasteiger partial charge is 0.211 e. The van der Waals surface area contributed by atoms with Gasteiger partial charge < -0.3 is 0 Å². The molecule has 0 aliphatic heterocycles. The molecule has 2 heterocycles. The van der Waals surface area contributed by atoms with Crippen molar-refractivity contribution in [2.45, 2.75) is 6.92 Å². The first-order valence-corrected chi connectivity index (χ1v) is 5.79. The van der Waals surface area contributed by atoms with Crippen LogP contribution in [0.4, 0.5) is 0 Å². The number of aryl methyl sites for hydroxylation is 1. The van der Waals surface area contributed by atoms with Gasteiger partial charge in [0.05, 0.1) is 6.20 Å². The van der Waals surface area contributed by atoms with Gasteiger partial charge in [-0.15, -0.1) is 0 Å². The van der Waals surface area contributed by atoms with E-state index >= 15 is 0 Å². The number of fused-ring (bicyclic) bond motifs is 1. The molecule has 0 saturated heterocycles. The Kier molecular flexibility index (Phi) is 2.45. The predicted octanol–water partition coefficient (Wildman–Crippen LogP) is 2.87. The third-order valence-corrected chi connectivity index (χ3v) is 2.96. The molecule has 0 spiro atoms. The highest BCUT2D eigenvalue weighted by Gasteiger charge is 2.13. The first kappa shape index (κ1) is 10.7. The van der Waals surface area contributed by atoms with Crippen molar-refractivity contribution in [1.29, 1.82) is 0 Å². The maximum absolute atomic E-state index is 12.4. The van der Waals surface area contributed by atoms with Gasteiger partial charge in [0.1, 0.15) is 11.3 Å². The number of imidazole rings is 1. The van der Waals surface area contributed by atoms with E-state index in [1.54, 1.807) is 6.20 Å². The first-order chi connectivity index (χ1) is 8.75. The van der Waals surface area contributed by atoms with Gasteiger partial charge in [0.2, 0.25) is 5.78 Å². The van der Waals surface area contributed by atoms with Gasteiger partial charge >= 0.3 is 0 Å². The van der Waals surface area contributed by atoms with E-state index in [4.69, 9.17) is 0 Å². The summed E-state index contributed by atoms with van der Waals surface area (Å²) in [5.74, 6) is -0.00583. The highest BCUT2D eigenvalue weighted by atomic mass is 16.1. The maximum Gasteiger partial charge on any atom is 0.211 e. The van der Waals surface area contributed by atoms with Crippen molar-refractivity contribution >= 4 is 11.4 Å². The van der Waals surface area contributed by atoms with E-state index in [0.717, 1.165) is 11.2 Å². The molecule has 0 aliphatic carbocycles. The molecule has 3 nitrogen and oxygen atoms in total. The van der Waals surface area contributed by atoms with Crippen molar-refractivity contribution in [3.63, 3.8) is 0 Å². The summed E-state index contributed by atoms with van der Waals surface area (Å²) in [6, 6.07) is 13.3. The Morgan fingerprint density at radius 3 is 2.67 bits per heavy atom. The lowest BCUT2D eigenvalue weighted by molar-refractivity contribution is 0.103. The predicted molar refractivity (Wildman–Crippen MR) is 69.8 cm³/mol. The highest BCUT2D eigenvalue weighted by molar-refractivity contribution is 6.08. The van der Waals surface area contributed by atoms with Crippen molar-refractivity contribution < 1.29 is 4.79 Å². The maximum atomic E-state index is 12.4. The summed E-state index contributed by atoms with van der Waals surface area (Å²) in [6.07, 6.45) is 3.47. The molecule has 18 heavy (non-hydrogen) atoms. The molecule has 88 valence electrons. The Bertz CT molecular complexity index is 711. The fourth-order valence-electron chi connectivity index (χ4n) is 1.95. The zero-order valence-electron chi connectivity index (χ0n) is 10.00. The molecule has 0 aliphatic rings. The van der Waals surface area contributed by atoms with Crippen LogP contribution in [0.15, 0.2) is 54.9 Å². The average molecular weight is 236 g/mol. The van der Waals surface area contributed by atoms with Gasteiger partial charge in [-0.2, -0.15) is 0 Å². The highest BCUT2D eigenvalue weighted by Crippen LogP contribution is 2.12. The molecule has 2 aromatic heterocycles. The normalized spacial score (nSPS) is 10.7. The fraction of sp³-hybridized carbons (Fsp3) is 0.0667. The molecule has 3 heteroatoms. The standard InChI is InChI=1S/C15H12N2O/c1-11-5-7-12(8-6-11)15(18)13-10-16-14-4-2-3-9-17(13)14/h2-10H,1H3. The van der Waals surface area contributed by atoms with E-state index in [1.165, 1.54) is 0 Å². The lowest BCUT2D eigenvalue weighted by Crippen LogP contribution is -2.04. The van der Waals surface area contributed by atoms with E-state index in [0.29, 0.717) is 11.3 Å². The fourth-order valence-corrected chi connectivity index (χ4v) is 1.95. The second-order valence-corrected chi connectivity index (χ2v) is 4.27. The Morgan fingerprint density at radius 2 is 1.89 bits per heavy atom. The van der Waals surface area contributed by atoms with Crippen molar-refractivity contribution in [2.75, 3.05) is 0 Å². The molecule has 3 aromatic rings. The minimum Gasteiger partial charge on any atom is -0.297 e. The molecule has 0 radical (unpaired) electrons. The molecule has 1 aromatic carbocycles. The number of pyridine rings is 1. The van der Waals surface area contributed by atoms with Crippen molar-refractivity contribution in [3.8, 4) is 0 Å². The lowest BCUT2D eigenvalue weighted by atomic mass is 10.1. The zero-order chi connectivity index (χ0) is 12.5. The average Bonchev–Trinajstić information content (AvgIpc) is 2.82. The number of carbonyl (C=O) groups is 1. The van der Waals surface area contributed by atoms with Gasteiger partial charge in [0, 0.05) is 11.8 Å². The summed E-state index contributed by atoms with van der Waals surface area (Å²) < 4.78 is 1.81. The van der Waals surface area contributed by atoms with E-state index in [2.05, 4.69) is 4.98 Å². The third-order valence-electron chi connectivity index (χ3n) is 2.96. The van der Waals surface area contributed by atoms with Crippen LogP contribution >= 0.6 is 0 Å². The molecule has 0 N–H and O–H groups in total. The second kappa shape index (κ2) is 4.11. The van der Waals surface area contributed by atoms with Gasteiger partial charge in [-0.3, -0.25) is 9.20 Å². The molecule has 0 saturated carbocycles. The molecular formula is C15H12N2O. The van der Waals surface area contributed by atoms with Crippen LogP contribution in [0.3, 0.4) is 0 Å². The molecule has 0 atom stereocenters. The number of ketones is 1. The third kappa shape index (κ3) is 1.70. The van der Waals surface area contributed by atoms with Gasteiger partial charge in [0.25, 0.3) is 0 Å². The summed E-state index contributed by atoms with van der Waals surface area (Å²) >= 11 is 0. The quantitative estimate of drug-likeness (QED) is 0.641. The van der Waals surface area contributed by atoms with E-state index < -0.39 is 0 Å². The number of aromatic nitrogens is 2. The Morgan fingerprint density at radius 1 is 1.11 bits per heavy atom. The SMILES string of the molecule is Cc1ccc(C(=O)c2cnc3ccccn23)cc1. The topological polar surface area (TPSA) is 34.4 Å². The lowest BCUT2D eigenvalue weighted by Gasteiger charge is -2.01. The van der Waals surface area contributed by atoms with Gasteiger partial charge in [-0.05, 0) is 19.1 Å². The van der Waals surface area contributed by atoms with Gasteiger partial charge in [-0.1, -0.05) is 35.9 Å². The molecule has 0 fully saturated rings. The van der Waals surface area contributed by atoms with Crippen LogP contribution in [-0.2, 0) is 0 Å². The van der Waals surface area contributed by atoms with Crippen LogP contribution in [-0.4, -0.2) is 15.2 Å². The van der Waals surface area contributed by atoms with Crippen molar-refractivity contribution in [2.24, 2.45) is 0 Å². The number of rotatable bonds is 2. The minimum atomic E-state index is -0.00583.